The smallest absolute Gasteiger partial charge is 0.189 e. The predicted octanol–water partition coefficient (Wildman–Crippen LogP) is 4.70. The van der Waals surface area contributed by atoms with Crippen molar-refractivity contribution in [1.29, 1.82) is 0 Å². The molecule has 2 aromatic carbocycles. The van der Waals surface area contributed by atoms with Crippen LogP contribution in [0.15, 0.2) is 48.0 Å². The molecule has 0 amide bonds. The number of ether oxygens (including phenoxy) is 2. The molecule has 0 aliphatic heterocycles. The van der Waals surface area contributed by atoms with E-state index in [9.17, 15) is 4.79 Å². The second kappa shape index (κ2) is 7.35. The van der Waals surface area contributed by atoms with Crippen LogP contribution in [0.4, 0.5) is 0 Å². The van der Waals surface area contributed by atoms with E-state index in [1.165, 1.54) is 0 Å². The van der Waals surface area contributed by atoms with Gasteiger partial charge in [-0.3, -0.25) is 4.79 Å². The predicted molar refractivity (Wildman–Crippen MR) is 95.9 cm³/mol. The Morgan fingerprint density at radius 3 is 2.71 bits per heavy atom. The summed E-state index contributed by atoms with van der Waals surface area (Å²) in [6.45, 7) is 2.71. The summed E-state index contributed by atoms with van der Waals surface area (Å²) in [7, 11) is 1.63. The third-order valence-electron chi connectivity index (χ3n) is 4.21. The molecule has 1 aliphatic carbocycles. The molecule has 3 nitrogen and oxygen atoms in total. The van der Waals surface area contributed by atoms with Gasteiger partial charge in [-0.1, -0.05) is 37.3 Å². The van der Waals surface area contributed by atoms with Crippen LogP contribution in [0.3, 0.4) is 0 Å². The number of methoxy groups -OCH3 is 1. The van der Waals surface area contributed by atoms with Gasteiger partial charge < -0.3 is 9.47 Å². The Morgan fingerprint density at radius 2 is 1.92 bits per heavy atom. The first-order valence-electron chi connectivity index (χ1n) is 8.37. The molecule has 3 heteroatoms. The fourth-order valence-corrected chi connectivity index (χ4v) is 2.96. The highest BCUT2D eigenvalue weighted by molar-refractivity contribution is 6.13. The van der Waals surface area contributed by atoms with Crippen LogP contribution in [-0.2, 0) is 6.42 Å². The van der Waals surface area contributed by atoms with Crippen LogP contribution in [0, 0.1) is 0 Å². The Hall–Kier alpha value is -2.55. The molecule has 0 spiro atoms. The summed E-state index contributed by atoms with van der Waals surface area (Å²) in [6, 6.07) is 13.6. The lowest BCUT2D eigenvalue weighted by atomic mass is 9.86. The fraction of sp³-hybridized carbons (Fsp3) is 0.286. The molecule has 24 heavy (non-hydrogen) atoms. The van der Waals surface area contributed by atoms with Crippen LogP contribution in [-0.4, -0.2) is 19.5 Å². The zero-order valence-electron chi connectivity index (χ0n) is 14.2. The molecule has 0 bridgehead atoms. The minimum absolute atomic E-state index is 0.128. The first kappa shape index (κ1) is 16.3. The maximum atomic E-state index is 12.7. The number of rotatable bonds is 5. The molecular weight excluding hydrogens is 300 g/mol. The maximum Gasteiger partial charge on any atom is 0.189 e. The van der Waals surface area contributed by atoms with Crippen molar-refractivity contribution in [2.24, 2.45) is 0 Å². The average molecular weight is 322 g/mol. The van der Waals surface area contributed by atoms with Gasteiger partial charge >= 0.3 is 0 Å². The van der Waals surface area contributed by atoms with Crippen molar-refractivity contribution >= 4 is 11.9 Å². The normalized spacial score (nSPS) is 15.2. The first-order chi connectivity index (χ1) is 11.7. The van der Waals surface area contributed by atoms with Crippen molar-refractivity contribution in [3.63, 3.8) is 0 Å². The van der Waals surface area contributed by atoms with Gasteiger partial charge in [0.2, 0.25) is 0 Å². The standard InChI is InChI=1S/C21H22O3/c1-3-12-24-20-14-15(8-11-19(20)23-2)13-17-10-9-16-6-4-5-7-18(16)21(17)22/h4-8,11,13-14H,3,9-10,12H2,1-2H3/b17-13+. The van der Waals surface area contributed by atoms with E-state index < -0.39 is 0 Å². The zero-order chi connectivity index (χ0) is 16.9. The van der Waals surface area contributed by atoms with Crippen molar-refractivity contribution in [3.05, 3.63) is 64.7 Å². The monoisotopic (exact) mass is 322 g/mol. The molecule has 124 valence electrons. The van der Waals surface area contributed by atoms with Gasteiger partial charge in [-0.15, -0.1) is 0 Å². The molecule has 0 atom stereocenters. The Balaban J connectivity index is 1.90. The van der Waals surface area contributed by atoms with Crippen LogP contribution in [0.2, 0.25) is 0 Å². The van der Waals surface area contributed by atoms with Gasteiger partial charge in [0.15, 0.2) is 17.3 Å². The number of carbonyl (C=O) groups excluding carboxylic acids is 1. The highest BCUT2D eigenvalue weighted by Gasteiger charge is 2.21. The zero-order valence-corrected chi connectivity index (χ0v) is 14.2. The largest absolute Gasteiger partial charge is 0.493 e. The number of fused-ring (bicyclic) bond motifs is 1. The van der Waals surface area contributed by atoms with Gasteiger partial charge in [0.25, 0.3) is 0 Å². The minimum atomic E-state index is 0.128. The number of hydrogen-bond acceptors (Lipinski definition) is 3. The van der Waals surface area contributed by atoms with E-state index in [-0.39, 0.29) is 5.78 Å². The van der Waals surface area contributed by atoms with E-state index >= 15 is 0 Å². The molecule has 0 unspecified atom stereocenters. The van der Waals surface area contributed by atoms with Crippen molar-refractivity contribution in [1.82, 2.24) is 0 Å². The number of Topliss-reactive ketones (excluding diaryl/α,β-unsaturated/α-hetero) is 1. The average Bonchev–Trinajstić information content (AvgIpc) is 2.62. The third-order valence-corrected chi connectivity index (χ3v) is 4.21. The lowest BCUT2D eigenvalue weighted by Crippen LogP contribution is -2.13. The number of carbonyl (C=O) groups is 1. The molecule has 0 saturated carbocycles. The van der Waals surface area contributed by atoms with Gasteiger partial charge in [0, 0.05) is 11.1 Å². The fourth-order valence-electron chi connectivity index (χ4n) is 2.96. The van der Waals surface area contributed by atoms with Crippen molar-refractivity contribution < 1.29 is 14.3 Å². The Labute approximate surface area is 142 Å². The van der Waals surface area contributed by atoms with E-state index in [1.807, 2.05) is 48.5 Å². The lowest BCUT2D eigenvalue weighted by molar-refractivity contribution is 0.102. The van der Waals surface area contributed by atoms with Crippen molar-refractivity contribution in [2.45, 2.75) is 26.2 Å². The topological polar surface area (TPSA) is 35.5 Å². The maximum absolute atomic E-state index is 12.7. The quantitative estimate of drug-likeness (QED) is 0.749. The van der Waals surface area contributed by atoms with Gasteiger partial charge in [-0.25, -0.2) is 0 Å². The summed E-state index contributed by atoms with van der Waals surface area (Å²) in [5, 5.41) is 0. The molecular formula is C21H22O3. The van der Waals surface area contributed by atoms with Gasteiger partial charge in [0.1, 0.15) is 0 Å². The van der Waals surface area contributed by atoms with E-state index in [0.717, 1.165) is 47.3 Å². The van der Waals surface area contributed by atoms with E-state index in [1.54, 1.807) is 7.11 Å². The molecule has 0 heterocycles. The molecule has 0 N–H and O–H groups in total. The Bertz CT molecular complexity index is 774. The van der Waals surface area contributed by atoms with Crippen LogP contribution in [0.1, 0.15) is 41.3 Å². The Kier molecular flexibility index (Phi) is 4.99. The summed E-state index contributed by atoms with van der Waals surface area (Å²) in [4.78, 5) is 12.7. The molecule has 2 aromatic rings. The third kappa shape index (κ3) is 3.35. The van der Waals surface area contributed by atoms with E-state index in [4.69, 9.17) is 9.47 Å². The second-order valence-electron chi connectivity index (χ2n) is 5.91. The molecule has 0 aromatic heterocycles. The van der Waals surface area contributed by atoms with Crippen LogP contribution in [0.5, 0.6) is 11.5 Å². The number of allylic oxidation sites excluding steroid dienone is 1. The van der Waals surface area contributed by atoms with Crippen LogP contribution >= 0.6 is 0 Å². The van der Waals surface area contributed by atoms with Crippen molar-refractivity contribution in [2.75, 3.05) is 13.7 Å². The Morgan fingerprint density at radius 1 is 1.08 bits per heavy atom. The van der Waals surface area contributed by atoms with Gasteiger partial charge in [-0.2, -0.15) is 0 Å². The van der Waals surface area contributed by atoms with Gasteiger partial charge in [0.05, 0.1) is 13.7 Å². The minimum Gasteiger partial charge on any atom is -0.493 e. The summed E-state index contributed by atoms with van der Waals surface area (Å²) in [6.07, 6.45) is 4.58. The summed E-state index contributed by atoms with van der Waals surface area (Å²) >= 11 is 0. The molecule has 3 rings (SSSR count). The lowest BCUT2D eigenvalue weighted by Gasteiger charge is -2.17. The first-order valence-corrected chi connectivity index (χ1v) is 8.37. The summed E-state index contributed by atoms with van der Waals surface area (Å²) in [5.41, 5.74) is 3.78. The van der Waals surface area contributed by atoms with Gasteiger partial charge in [-0.05, 0) is 48.6 Å². The van der Waals surface area contributed by atoms with Crippen molar-refractivity contribution in [3.8, 4) is 11.5 Å². The molecule has 1 aliphatic rings. The highest BCUT2D eigenvalue weighted by Crippen LogP contribution is 2.31. The number of ketones is 1. The number of aryl methyl sites for hydroxylation is 1. The second-order valence-corrected chi connectivity index (χ2v) is 5.91. The number of hydrogen-bond donors (Lipinski definition) is 0. The van der Waals surface area contributed by atoms with E-state index in [0.29, 0.717) is 12.4 Å². The van der Waals surface area contributed by atoms with Crippen LogP contribution < -0.4 is 9.47 Å². The number of benzene rings is 2. The van der Waals surface area contributed by atoms with Crippen LogP contribution in [0.25, 0.3) is 6.08 Å². The molecule has 0 fully saturated rings. The highest BCUT2D eigenvalue weighted by atomic mass is 16.5. The molecule has 0 radical (unpaired) electrons. The summed E-state index contributed by atoms with van der Waals surface area (Å²) < 4.78 is 11.1. The molecule has 0 saturated heterocycles. The summed E-state index contributed by atoms with van der Waals surface area (Å²) in [5.74, 6) is 1.56. The van der Waals surface area contributed by atoms with E-state index in [2.05, 4.69) is 6.92 Å². The SMILES string of the molecule is CCCOc1cc(/C=C2\CCc3ccccc3C2=O)ccc1OC.